The van der Waals surface area contributed by atoms with E-state index in [9.17, 15) is 10.1 Å². The van der Waals surface area contributed by atoms with Crippen LogP contribution in [0.25, 0.3) is 0 Å². The van der Waals surface area contributed by atoms with Crippen LogP contribution in [-0.4, -0.2) is 29.5 Å². The summed E-state index contributed by atoms with van der Waals surface area (Å²) in [6.45, 7) is 2.11. The van der Waals surface area contributed by atoms with Crippen LogP contribution in [0.4, 0.5) is 11.5 Å². The van der Waals surface area contributed by atoms with Gasteiger partial charge in [-0.2, -0.15) is 5.26 Å². The second-order valence-corrected chi connectivity index (χ2v) is 4.97. The largest absolute Gasteiger partial charge is 0.351 e. The summed E-state index contributed by atoms with van der Waals surface area (Å²) in [6.07, 6.45) is 4.37. The molecule has 1 aliphatic rings. The van der Waals surface area contributed by atoms with Crippen LogP contribution in [0, 0.1) is 27.4 Å². The topological polar surface area (TPSA) is 109 Å². The third-order valence-electron chi connectivity index (χ3n) is 3.57. The molecule has 0 spiro atoms. The third-order valence-corrected chi connectivity index (χ3v) is 3.57. The number of hydrogen-bond donors (Lipinski definition) is 1. The van der Waals surface area contributed by atoms with E-state index >= 15 is 0 Å². The number of hydrogen-bond acceptors (Lipinski definition) is 6. The smallest absolute Gasteiger partial charge is 0.312 e. The molecule has 106 valence electrons. The molecule has 7 nitrogen and oxygen atoms in total. The van der Waals surface area contributed by atoms with E-state index in [2.05, 4.69) is 4.98 Å². The van der Waals surface area contributed by atoms with Crippen LogP contribution in [0.2, 0.25) is 0 Å². The van der Waals surface area contributed by atoms with Crippen LogP contribution in [0.15, 0.2) is 12.3 Å². The molecule has 1 aromatic rings. The van der Waals surface area contributed by atoms with Gasteiger partial charge in [0.1, 0.15) is 6.07 Å². The molecular formula is C13H17N5O2. The van der Waals surface area contributed by atoms with E-state index in [1.54, 1.807) is 0 Å². The summed E-state index contributed by atoms with van der Waals surface area (Å²) < 4.78 is 0. The minimum Gasteiger partial charge on any atom is -0.351 e. The van der Waals surface area contributed by atoms with Crippen LogP contribution < -0.4 is 10.6 Å². The van der Waals surface area contributed by atoms with E-state index in [-0.39, 0.29) is 11.3 Å². The molecule has 2 heterocycles. The van der Waals surface area contributed by atoms with E-state index in [4.69, 9.17) is 11.0 Å². The number of aromatic nitrogens is 1. The number of rotatable bonds is 4. The minimum absolute atomic E-state index is 0.0996. The fourth-order valence-corrected chi connectivity index (χ4v) is 2.61. The molecule has 2 rings (SSSR count). The molecule has 2 N–H and O–H groups in total. The van der Waals surface area contributed by atoms with Crippen LogP contribution in [0.1, 0.15) is 24.8 Å². The van der Waals surface area contributed by atoms with E-state index in [1.807, 2.05) is 11.0 Å². The Morgan fingerprint density at radius 3 is 3.10 bits per heavy atom. The van der Waals surface area contributed by atoms with Crippen molar-refractivity contribution >= 4 is 11.5 Å². The highest BCUT2D eigenvalue weighted by atomic mass is 16.6. The first-order valence-corrected chi connectivity index (χ1v) is 6.65. The average Bonchev–Trinajstić information content (AvgIpc) is 2.47. The average molecular weight is 275 g/mol. The molecule has 0 amide bonds. The number of nitriles is 1. The quantitative estimate of drug-likeness (QED) is 0.657. The van der Waals surface area contributed by atoms with Gasteiger partial charge in [0, 0.05) is 25.4 Å². The number of piperidine rings is 1. The van der Waals surface area contributed by atoms with Gasteiger partial charge >= 0.3 is 5.69 Å². The second kappa shape index (κ2) is 6.30. The number of nitrogens with two attached hydrogens (primary N) is 1. The zero-order chi connectivity index (χ0) is 14.5. The van der Waals surface area contributed by atoms with E-state index in [0.29, 0.717) is 18.3 Å². The predicted octanol–water partition coefficient (Wildman–Crippen LogP) is 1.43. The Bertz CT molecular complexity index is 538. The molecule has 1 unspecified atom stereocenters. The Kier molecular flexibility index (Phi) is 4.48. The number of nitro groups is 1. The number of anilines is 1. The number of nitrogens with zero attached hydrogens (tertiary/aromatic N) is 4. The maximum Gasteiger partial charge on any atom is 0.312 e. The van der Waals surface area contributed by atoms with Crippen molar-refractivity contribution in [2.45, 2.75) is 19.3 Å². The standard InChI is InChI=1S/C13H17N5O2/c14-4-3-10-2-1-5-17(9-10)13-12(18(19)20)6-11(7-15)8-16-13/h6,8,10H,1-5,9,14H2. The Morgan fingerprint density at radius 1 is 1.65 bits per heavy atom. The fraction of sp³-hybridized carbons (Fsp3) is 0.538. The molecule has 1 fully saturated rings. The summed E-state index contributed by atoms with van der Waals surface area (Å²) in [6, 6.07) is 3.17. The lowest BCUT2D eigenvalue weighted by atomic mass is 9.95. The Morgan fingerprint density at radius 2 is 2.45 bits per heavy atom. The van der Waals surface area contributed by atoms with E-state index < -0.39 is 4.92 Å². The highest BCUT2D eigenvalue weighted by Gasteiger charge is 2.26. The summed E-state index contributed by atoms with van der Waals surface area (Å²) in [5.74, 6) is 0.807. The van der Waals surface area contributed by atoms with Crippen molar-refractivity contribution in [2.24, 2.45) is 11.7 Å². The van der Waals surface area contributed by atoms with Crippen molar-refractivity contribution in [2.75, 3.05) is 24.5 Å². The molecule has 1 saturated heterocycles. The first-order valence-electron chi connectivity index (χ1n) is 6.65. The normalized spacial score (nSPS) is 18.6. The van der Waals surface area contributed by atoms with E-state index in [0.717, 1.165) is 32.4 Å². The molecule has 1 aliphatic heterocycles. The lowest BCUT2D eigenvalue weighted by Gasteiger charge is -2.33. The molecule has 0 aliphatic carbocycles. The zero-order valence-electron chi connectivity index (χ0n) is 11.2. The third kappa shape index (κ3) is 3.03. The molecular weight excluding hydrogens is 258 g/mol. The van der Waals surface area contributed by atoms with Crippen molar-refractivity contribution in [3.05, 3.63) is 27.9 Å². The van der Waals surface area contributed by atoms with Crippen molar-refractivity contribution in [1.82, 2.24) is 4.98 Å². The first-order chi connectivity index (χ1) is 9.65. The van der Waals surface area contributed by atoms with Gasteiger partial charge in [0.05, 0.1) is 10.5 Å². The maximum atomic E-state index is 11.1. The van der Waals surface area contributed by atoms with Gasteiger partial charge in [-0.05, 0) is 31.7 Å². The van der Waals surface area contributed by atoms with Crippen molar-refractivity contribution in [3.63, 3.8) is 0 Å². The van der Waals surface area contributed by atoms with Gasteiger partial charge in [0.2, 0.25) is 5.82 Å². The van der Waals surface area contributed by atoms with Gasteiger partial charge < -0.3 is 10.6 Å². The summed E-state index contributed by atoms with van der Waals surface area (Å²) in [5, 5.41) is 20.0. The van der Waals surface area contributed by atoms with Gasteiger partial charge in [0.15, 0.2) is 0 Å². The highest BCUT2D eigenvalue weighted by molar-refractivity contribution is 5.60. The summed E-state index contributed by atoms with van der Waals surface area (Å²) in [7, 11) is 0. The Hall–Kier alpha value is -2.20. The molecule has 0 bridgehead atoms. The lowest BCUT2D eigenvalue weighted by molar-refractivity contribution is -0.384. The minimum atomic E-state index is -0.476. The lowest BCUT2D eigenvalue weighted by Crippen LogP contribution is -2.37. The monoisotopic (exact) mass is 275 g/mol. The molecule has 1 atom stereocenters. The van der Waals surface area contributed by atoms with Gasteiger partial charge in [-0.1, -0.05) is 0 Å². The van der Waals surface area contributed by atoms with Crippen LogP contribution in [0.5, 0.6) is 0 Å². The van der Waals surface area contributed by atoms with Crippen molar-refractivity contribution < 1.29 is 4.92 Å². The fourth-order valence-electron chi connectivity index (χ4n) is 2.61. The summed E-state index contributed by atoms with van der Waals surface area (Å²) in [4.78, 5) is 16.7. The molecule has 7 heteroatoms. The van der Waals surface area contributed by atoms with Gasteiger partial charge in [-0.15, -0.1) is 0 Å². The molecule has 0 aromatic carbocycles. The number of pyridine rings is 1. The van der Waals surface area contributed by atoms with Crippen molar-refractivity contribution in [3.8, 4) is 6.07 Å². The molecule has 20 heavy (non-hydrogen) atoms. The molecule has 0 saturated carbocycles. The van der Waals surface area contributed by atoms with E-state index in [1.165, 1.54) is 12.3 Å². The van der Waals surface area contributed by atoms with Crippen molar-refractivity contribution in [1.29, 1.82) is 5.26 Å². The molecule has 0 radical (unpaired) electrons. The summed E-state index contributed by atoms with van der Waals surface area (Å²) in [5.41, 5.74) is 5.69. The Labute approximate surface area is 117 Å². The van der Waals surface area contributed by atoms with Gasteiger partial charge in [0.25, 0.3) is 0 Å². The maximum absolute atomic E-state index is 11.1. The summed E-state index contributed by atoms with van der Waals surface area (Å²) >= 11 is 0. The SMILES string of the molecule is N#Cc1cnc(N2CCCC(CCN)C2)c([N+](=O)[O-])c1. The first kappa shape index (κ1) is 14.2. The second-order valence-electron chi connectivity index (χ2n) is 4.97. The van der Waals surface area contributed by atoms with Crippen LogP contribution in [-0.2, 0) is 0 Å². The van der Waals surface area contributed by atoms with Crippen LogP contribution >= 0.6 is 0 Å². The highest BCUT2D eigenvalue weighted by Crippen LogP contribution is 2.30. The predicted molar refractivity (Wildman–Crippen MR) is 74.2 cm³/mol. The van der Waals surface area contributed by atoms with Gasteiger partial charge in [-0.3, -0.25) is 10.1 Å². The van der Waals surface area contributed by atoms with Gasteiger partial charge in [-0.25, -0.2) is 4.98 Å². The Balaban J connectivity index is 2.27. The molecule has 1 aromatic heterocycles. The zero-order valence-corrected chi connectivity index (χ0v) is 11.2. The van der Waals surface area contributed by atoms with Crippen LogP contribution in [0.3, 0.4) is 0 Å².